The maximum atomic E-state index is 13.0. The molecule has 2 fully saturated rings. The Bertz CT molecular complexity index is 1010. The number of carboxylic acid groups (broad SMARTS) is 1. The molecule has 1 saturated heterocycles. The Balaban J connectivity index is 1.63. The number of ether oxygens (including phenoxy) is 2. The molecule has 2 aliphatic rings. The molecular weight excluding hydrogens is 428 g/mol. The molecular formula is C21H23F2N3O6. The van der Waals surface area contributed by atoms with Gasteiger partial charge in [-0.2, -0.15) is 8.78 Å². The molecule has 0 spiro atoms. The predicted molar refractivity (Wildman–Crippen MR) is 106 cm³/mol. The van der Waals surface area contributed by atoms with E-state index in [0.717, 1.165) is 12.8 Å². The van der Waals surface area contributed by atoms with E-state index in [1.54, 1.807) is 0 Å². The number of carboxylic acids is 1. The fraction of sp³-hybridized carbons (Fsp3) is 0.476. The number of halogens is 2. The minimum absolute atomic E-state index is 0.0414. The number of hydrogen-bond acceptors (Lipinski definition) is 7. The average molecular weight is 451 g/mol. The zero-order valence-corrected chi connectivity index (χ0v) is 17.1. The number of rotatable bonds is 9. The van der Waals surface area contributed by atoms with Gasteiger partial charge in [0.25, 0.3) is 5.91 Å². The fourth-order valence-corrected chi connectivity index (χ4v) is 3.62. The summed E-state index contributed by atoms with van der Waals surface area (Å²) in [6.07, 6.45) is 2.96. The lowest BCUT2D eigenvalue weighted by Crippen LogP contribution is -2.41. The monoisotopic (exact) mass is 451 g/mol. The molecule has 11 heteroatoms. The topological polar surface area (TPSA) is 128 Å². The third-order valence-electron chi connectivity index (χ3n) is 5.46. The summed E-state index contributed by atoms with van der Waals surface area (Å²) in [6.45, 7) is -2.47. The van der Waals surface area contributed by atoms with E-state index in [4.69, 9.17) is 14.9 Å². The van der Waals surface area contributed by atoms with Crippen molar-refractivity contribution in [3.05, 3.63) is 29.7 Å². The van der Waals surface area contributed by atoms with Crippen molar-refractivity contribution in [3.8, 4) is 23.0 Å². The van der Waals surface area contributed by atoms with E-state index < -0.39 is 24.5 Å². The largest absolute Gasteiger partial charge is 0.489 e. The van der Waals surface area contributed by atoms with Crippen LogP contribution in [-0.4, -0.2) is 52.7 Å². The number of likely N-dealkylation sites (tertiary alicyclic amines) is 1. The highest BCUT2D eigenvalue weighted by molar-refractivity contribution is 5.96. The van der Waals surface area contributed by atoms with Crippen molar-refractivity contribution in [1.29, 1.82) is 0 Å². The Morgan fingerprint density at radius 3 is 2.72 bits per heavy atom. The second-order valence-electron chi connectivity index (χ2n) is 7.78. The summed E-state index contributed by atoms with van der Waals surface area (Å²) in [5.74, 6) is -1.13. The van der Waals surface area contributed by atoms with Crippen LogP contribution < -0.4 is 15.2 Å². The van der Waals surface area contributed by atoms with Crippen LogP contribution in [0.2, 0.25) is 0 Å². The summed E-state index contributed by atoms with van der Waals surface area (Å²) in [4.78, 5) is 29.9. The van der Waals surface area contributed by atoms with Crippen LogP contribution in [0, 0.1) is 5.92 Å². The van der Waals surface area contributed by atoms with E-state index in [-0.39, 0.29) is 35.4 Å². The Labute approximate surface area is 182 Å². The van der Waals surface area contributed by atoms with E-state index in [2.05, 4.69) is 9.72 Å². The molecule has 1 aromatic heterocycles. The molecule has 1 atom stereocenters. The number of amides is 1. The molecule has 0 radical (unpaired) electrons. The maximum absolute atomic E-state index is 13.0. The van der Waals surface area contributed by atoms with Gasteiger partial charge in [0.15, 0.2) is 23.0 Å². The quantitative estimate of drug-likeness (QED) is 0.596. The third kappa shape index (κ3) is 4.67. The molecule has 1 saturated carbocycles. The number of carbonyl (C=O) groups excluding carboxylic acids is 1. The number of alkyl halides is 2. The minimum Gasteiger partial charge on any atom is -0.489 e. The van der Waals surface area contributed by atoms with E-state index in [1.807, 2.05) is 0 Å². The van der Waals surface area contributed by atoms with E-state index in [9.17, 15) is 23.5 Å². The van der Waals surface area contributed by atoms with Crippen LogP contribution in [0.4, 0.5) is 8.78 Å². The smallest absolute Gasteiger partial charge is 0.387 e. The minimum atomic E-state index is -3.01. The van der Waals surface area contributed by atoms with Crippen LogP contribution in [0.3, 0.4) is 0 Å². The number of benzene rings is 1. The molecule has 1 amide bonds. The highest BCUT2D eigenvalue weighted by Crippen LogP contribution is 2.37. The highest BCUT2D eigenvalue weighted by atomic mass is 19.3. The number of carbonyl (C=O) groups is 2. The van der Waals surface area contributed by atoms with Gasteiger partial charge in [-0.15, -0.1) is 0 Å². The molecule has 0 bridgehead atoms. The van der Waals surface area contributed by atoms with E-state index >= 15 is 0 Å². The number of aromatic nitrogens is 1. The molecule has 172 valence electrons. The van der Waals surface area contributed by atoms with Crippen LogP contribution in [0.1, 0.15) is 41.9 Å². The van der Waals surface area contributed by atoms with Gasteiger partial charge in [-0.3, -0.25) is 4.79 Å². The first-order valence-corrected chi connectivity index (χ1v) is 10.3. The Morgan fingerprint density at radius 1 is 1.28 bits per heavy atom. The normalized spacial score (nSPS) is 18.2. The first-order chi connectivity index (χ1) is 15.4. The standard InChI is InChI=1S/C21H23F2N3O6/c22-21(23)32-14-6-5-12(8-15(14)30-10-11-3-4-11)18-25-17(16(9-24)31-18)19(27)26-7-1-2-13(26)20(28)29/h5-6,8,11,13,21H,1-4,7,9-10,24H2,(H,28,29). The van der Waals surface area contributed by atoms with Crippen molar-refractivity contribution in [2.24, 2.45) is 11.7 Å². The van der Waals surface area contributed by atoms with Crippen molar-refractivity contribution in [3.63, 3.8) is 0 Å². The number of nitrogens with zero attached hydrogens (tertiary/aromatic N) is 2. The van der Waals surface area contributed by atoms with Crippen molar-refractivity contribution in [2.75, 3.05) is 13.2 Å². The summed E-state index contributed by atoms with van der Waals surface area (Å²) < 4.78 is 41.4. The lowest BCUT2D eigenvalue weighted by molar-refractivity contribution is -0.141. The summed E-state index contributed by atoms with van der Waals surface area (Å²) in [5, 5.41) is 9.36. The van der Waals surface area contributed by atoms with Gasteiger partial charge in [-0.25, -0.2) is 9.78 Å². The summed E-state index contributed by atoms with van der Waals surface area (Å²) in [7, 11) is 0. The van der Waals surface area contributed by atoms with Crippen LogP contribution in [0.25, 0.3) is 11.5 Å². The van der Waals surface area contributed by atoms with Crippen LogP contribution in [-0.2, 0) is 11.3 Å². The average Bonchev–Trinajstić information content (AvgIpc) is 3.28. The van der Waals surface area contributed by atoms with Gasteiger partial charge in [-0.1, -0.05) is 0 Å². The van der Waals surface area contributed by atoms with Gasteiger partial charge in [0.05, 0.1) is 13.2 Å². The maximum Gasteiger partial charge on any atom is 0.387 e. The first kappa shape index (κ1) is 22.0. The van der Waals surface area contributed by atoms with Crippen LogP contribution >= 0.6 is 0 Å². The first-order valence-electron chi connectivity index (χ1n) is 10.3. The molecule has 2 heterocycles. The molecule has 3 N–H and O–H groups in total. The highest BCUT2D eigenvalue weighted by Gasteiger charge is 2.37. The molecule has 9 nitrogen and oxygen atoms in total. The zero-order valence-electron chi connectivity index (χ0n) is 17.1. The number of oxazole rings is 1. The Hall–Kier alpha value is -3.21. The van der Waals surface area contributed by atoms with Crippen molar-refractivity contribution >= 4 is 11.9 Å². The van der Waals surface area contributed by atoms with Crippen molar-refractivity contribution in [2.45, 2.75) is 44.9 Å². The van der Waals surface area contributed by atoms with Crippen LogP contribution in [0.15, 0.2) is 22.6 Å². The second kappa shape index (κ2) is 9.11. The van der Waals surface area contributed by atoms with E-state index in [0.29, 0.717) is 37.5 Å². The van der Waals surface area contributed by atoms with Crippen molar-refractivity contribution < 1.29 is 37.4 Å². The third-order valence-corrected chi connectivity index (χ3v) is 5.46. The van der Waals surface area contributed by atoms with Gasteiger partial charge in [-0.05, 0) is 49.8 Å². The number of nitrogens with two attached hydrogens (primary N) is 1. The van der Waals surface area contributed by atoms with Gasteiger partial charge in [0, 0.05) is 12.1 Å². The second-order valence-corrected chi connectivity index (χ2v) is 7.78. The predicted octanol–water partition coefficient (Wildman–Crippen LogP) is 2.88. The molecule has 1 aromatic carbocycles. The zero-order chi connectivity index (χ0) is 22.8. The SMILES string of the molecule is NCc1oc(-c2ccc(OC(F)F)c(OCC3CC3)c2)nc1C(=O)N1CCCC1C(=O)O. The van der Waals surface area contributed by atoms with Crippen LogP contribution in [0.5, 0.6) is 11.5 Å². The lowest BCUT2D eigenvalue weighted by atomic mass is 10.2. The summed E-state index contributed by atoms with van der Waals surface area (Å²) in [6, 6.07) is 3.30. The molecule has 2 aromatic rings. The summed E-state index contributed by atoms with van der Waals surface area (Å²) >= 11 is 0. The molecule has 32 heavy (non-hydrogen) atoms. The Morgan fingerprint density at radius 2 is 2.06 bits per heavy atom. The summed E-state index contributed by atoms with van der Waals surface area (Å²) in [5.41, 5.74) is 6.03. The molecule has 1 aliphatic heterocycles. The van der Waals surface area contributed by atoms with Gasteiger partial charge in [0.1, 0.15) is 6.04 Å². The molecule has 1 aliphatic carbocycles. The van der Waals surface area contributed by atoms with Gasteiger partial charge in [0.2, 0.25) is 5.89 Å². The van der Waals surface area contributed by atoms with E-state index in [1.165, 1.54) is 23.1 Å². The lowest BCUT2D eigenvalue weighted by Gasteiger charge is -2.20. The fourth-order valence-electron chi connectivity index (χ4n) is 3.62. The van der Waals surface area contributed by atoms with Gasteiger partial charge >= 0.3 is 12.6 Å². The molecule has 4 rings (SSSR count). The van der Waals surface area contributed by atoms with Crippen molar-refractivity contribution in [1.82, 2.24) is 9.88 Å². The number of hydrogen-bond donors (Lipinski definition) is 2. The molecule has 1 unspecified atom stereocenters. The Kier molecular flexibility index (Phi) is 6.26. The van der Waals surface area contributed by atoms with Gasteiger partial charge < -0.3 is 29.6 Å². The number of aliphatic carboxylic acids is 1.